The zero-order valence-corrected chi connectivity index (χ0v) is 12.9. The number of imide groups is 1. The van der Waals surface area contributed by atoms with Crippen LogP contribution in [0.25, 0.3) is 6.08 Å². The summed E-state index contributed by atoms with van der Waals surface area (Å²) in [5, 5.41) is 9.40. The lowest BCUT2D eigenvalue weighted by atomic mass is 10.2. The van der Waals surface area contributed by atoms with Gasteiger partial charge in [-0.15, -0.1) is 0 Å². The van der Waals surface area contributed by atoms with Gasteiger partial charge in [-0.2, -0.15) is 0 Å². The summed E-state index contributed by atoms with van der Waals surface area (Å²) in [6.07, 6.45) is 1.63. The fourth-order valence-corrected chi connectivity index (χ4v) is 2.93. The van der Waals surface area contributed by atoms with Gasteiger partial charge in [-0.25, -0.2) is 0 Å². The van der Waals surface area contributed by atoms with Crippen LogP contribution in [0.5, 0.6) is 11.5 Å². The van der Waals surface area contributed by atoms with Gasteiger partial charge in [0, 0.05) is 6.04 Å². The maximum atomic E-state index is 12.2. The molecule has 1 fully saturated rings. The number of carbonyl (C=O) groups excluding carboxylic acids is 2. The van der Waals surface area contributed by atoms with Gasteiger partial charge in [0.05, 0.1) is 11.5 Å². The van der Waals surface area contributed by atoms with E-state index >= 15 is 0 Å². The second kappa shape index (κ2) is 6.22. The van der Waals surface area contributed by atoms with E-state index in [1.807, 2.05) is 6.92 Å². The average Bonchev–Trinajstić information content (AvgIpc) is 2.68. The molecule has 112 valence electrons. The van der Waals surface area contributed by atoms with E-state index in [0.29, 0.717) is 22.8 Å². The standard InChI is InChI=1S/C15H17NO4S/c1-4-20-12-7-10(5-6-11(12)17)8-13-14(18)16(9(2)3)15(19)21-13/h5-9,17H,4H2,1-3H3. The van der Waals surface area contributed by atoms with Crippen LogP contribution in [-0.4, -0.2) is 33.8 Å². The predicted octanol–water partition coefficient (Wildman–Crippen LogP) is 3.24. The molecule has 0 atom stereocenters. The minimum Gasteiger partial charge on any atom is -0.504 e. The third-order valence-corrected chi connectivity index (χ3v) is 3.81. The highest BCUT2D eigenvalue weighted by Crippen LogP contribution is 2.35. The van der Waals surface area contributed by atoms with Crippen LogP contribution in [0, 0.1) is 0 Å². The van der Waals surface area contributed by atoms with Crippen LogP contribution in [0.15, 0.2) is 23.1 Å². The number of ether oxygens (including phenoxy) is 1. The van der Waals surface area contributed by atoms with Gasteiger partial charge in [0.1, 0.15) is 0 Å². The summed E-state index contributed by atoms with van der Waals surface area (Å²) < 4.78 is 5.30. The van der Waals surface area contributed by atoms with E-state index in [0.717, 1.165) is 11.8 Å². The maximum absolute atomic E-state index is 12.2. The molecule has 1 aromatic carbocycles. The van der Waals surface area contributed by atoms with Crippen LogP contribution < -0.4 is 4.74 Å². The van der Waals surface area contributed by atoms with Crippen LogP contribution in [-0.2, 0) is 4.79 Å². The van der Waals surface area contributed by atoms with Gasteiger partial charge in [0.25, 0.3) is 11.1 Å². The van der Waals surface area contributed by atoms with E-state index in [9.17, 15) is 14.7 Å². The Morgan fingerprint density at radius 3 is 2.67 bits per heavy atom. The van der Waals surface area contributed by atoms with Crippen LogP contribution >= 0.6 is 11.8 Å². The molecule has 2 amide bonds. The van der Waals surface area contributed by atoms with E-state index in [2.05, 4.69) is 0 Å². The van der Waals surface area contributed by atoms with Crippen LogP contribution in [0.2, 0.25) is 0 Å². The fourth-order valence-electron chi connectivity index (χ4n) is 1.97. The summed E-state index contributed by atoms with van der Waals surface area (Å²) in [5.41, 5.74) is 0.700. The lowest BCUT2D eigenvalue weighted by molar-refractivity contribution is -0.123. The molecular weight excluding hydrogens is 290 g/mol. The van der Waals surface area contributed by atoms with Gasteiger partial charge in [0.2, 0.25) is 0 Å². The second-order valence-corrected chi connectivity index (χ2v) is 5.80. The van der Waals surface area contributed by atoms with E-state index < -0.39 is 0 Å². The van der Waals surface area contributed by atoms with Gasteiger partial charge in [-0.3, -0.25) is 14.5 Å². The summed E-state index contributed by atoms with van der Waals surface area (Å²) in [5.74, 6) is 0.115. The van der Waals surface area contributed by atoms with Crippen molar-refractivity contribution in [1.82, 2.24) is 4.90 Å². The van der Waals surface area contributed by atoms with Crippen LogP contribution in [0.1, 0.15) is 26.3 Å². The molecule has 1 N–H and O–H groups in total. The minimum atomic E-state index is -0.286. The summed E-state index contributed by atoms with van der Waals surface area (Å²) in [4.78, 5) is 25.6. The van der Waals surface area contributed by atoms with Crippen molar-refractivity contribution in [2.24, 2.45) is 0 Å². The van der Waals surface area contributed by atoms with Crippen molar-refractivity contribution in [1.29, 1.82) is 0 Å². The minimum absolute atomic E-state index is 0.0456. The topological polar surface area (TPSA) is 66.8 Å². The highest BCUT2D eigenvalue weighted by molar-refractivity contribution is 8.18. The molecule has 1 aliphatic rings. The first-order chi connectivity index (χ1) is 9.93. The Morgan fingerprint density at radius 2 is 2.10 bits per heavy atom. The SMILES string of the molecule is CCOc1cc(C=C2SC(=O)N(C(C)C)C2=O)ccc1O. The zero-order chi connectivity index (χ0) is 15.6. The van der Waals surface area contributed by atoms with Gasteiger partial charge >= 0.3 is 0 Å². The number of carbonyl (C=O) groups is 2. The van der Waals surface area contributed by atoms with Crippen molar-refractivity contribution >= 4 is 29.0 Å². The molecule has 21 heavy (non-hydrogen) atoms. The molecular formula is C15H17NO4S. The Kier molecular flexibility index (Phi) is 4.57. The lowest BCUT2D eigenvalue weighted by Crippen LogP contribution is -2.34. The molecule has 0 aromatic heterocycles. The fraction of sp³-hybridized carbons (Fsp3) is 0.333. The molecule has 0 saturated carbocycles. The number of phenols is 1. The number of aromatic hydroxyl groups is 1. The number of phenolic OH excluding ortho intramolecular Hbond substituents is 1. The maximum Gasteiger partial charge on any atom is 0.293 e. The van der Waals surface area contributed by atoms with Crippen molar-refractivity contribution in [3.05, 3.63) is 28.7 Å². The van der Waals surface area contributed by atoms with E-state index in [4.69, 9.17) is 4.74 Å². The first-order valence-electron chi connectivity index (χ1n) is 6.67. The van der Waals surface area contributed by atoms with Crippen molar-refractivity contribution < 1.29 is 19.4 Å². The molecule has 0 unspecified atom stereocenters. The highest BCUT2D eigenvalue weighted by Gasteiger charge is 2.36. The molecule has 2 rings (SSSR count). The van der Waals surface area contributed by atoms with E-state index in [-0.39, 0.29) is 22.9 Å². The Labute approximate surface area is 127 Å². The van der Waals surface area contributed by atoms with Crippen LogP contribution in [0.3, 0.4) is 0 Å². The smallest absolute Gasteiger partial charge is 0.293 e. The summed E-state index contributed by atoms with van der Waals surface area (Å²) in [7, 11) is 0. The number of nitrogens with zero attached hydrogens (tertiary/aromatic N) is 1. The summed E-state index contributed by atoms with van der Waals surface area (Å²) in [6, 6.07) is 4.65. The van der Waals surface area contributed by atoms with Gasteiger partial charge in [0.15, 0.2) is 11.5 Å². The number of rotatable bonds is 4. The highest BCUT2D eigenvalue weighted by atomic mass is 32.2. The Bertz CT molecular complexity index is 610. The summed E-state index contributed by atoms with van der Waals surface area (Å²) in [6.45, 7) is 5.85. The zero-order valence-electron chi connectivity index (χ0n) is 12.1. The molecule has 0 spiro atoms. The molecule has 0 radical (unpaired) electrons. The monoisotopic (exact) mass is 307 g/mol. The Hall–Kier alpha value is -1.95. The third kappa shape index (κ3) is 3.21. The normalized spacial score (nSPS) is 17.1. The molecule has 1 saturated heterocycles. The number of benzene rings is 1. The quantitative estimate of drug-likeness (QED) is 0.865. The molecule has 1 aliphatic heterocycles. The number of amides is 2. The van der Waals surface area contributed by atoms with Gasteiger partial charge in [-0.05, 0) is 56.3 Å². The third-order valence-electron chi connectivity index (χ3n) is 2.92. The molecule has 5 nitrogen and oxygen atoms in total. The average molecular weight is 307 g/mol. The first-order valence-corrected chi connectivity index (χ1v) is 7.48. The van der Waals surface area contributed by atoms with Crippen LogP contribution in [0.4, 0.5) is 4.79 Å². The lowest BCUT2D eigenvalue weighted by Gasteiger charge is -2.16. The van der Waals surface area contributed by atoms with Gasteiger partial charge < -0.3 is 9.84 Å². The van der Waals surface area contributed by atoms with Gasteiger partial charge in [-0.1, -0.05) is 6.07 Å². The van der Waals surface area contributed by atoms with Crippen molar-refractivity contribution in [3.63, 3.8) is 0 Å². The van der Waals surface area contributed by atoms with Crippen molar-refractivity contribution in [2.45, 2.75) is 26.8 Å². The number of hydrogen-bond donors (Lipinski definition) is 1. The van der Waals surface area contributed by atoms with Crippen molar-refractivity contribution in [3.8, 4) is 11.5 Å². The second-order valence-electron chi connectivity index (χ2n) is 4.81. The molecule has 1 heterocycles. The number of thioether (sulfide) groups is 1. The Morgan fingerprint density at radius 1 is 1.38 bits per heavy atom. The van der Waals surface area contributed by atoms with E-state index in [1.54, 1.807) is 32.1 Å². The molecule has 6 heteroatoms. The Balaban J connectivity index is 2.30. The van der Waals surface area contributed by atoms with E-state index in [1.165, 1.54) is 11.0 Å². The molecule has 1 aromatic rings. The number of hydrogen-bond acceptors (Lipinski definition) is 5. The predicted molar refractivity (Wildman–Crippen MR) is 82.2 cm³/mol. The largest absolute Gasteiger partial charge is 0.504 e. The first kappa shape index (κ1) is 15.4. The van der Waals surface area contributed by atoms with Crippen molar-refractivity contribution in [2.75, 3.05) is 6.61 Å². The summed E-state index contributed by atoms with van der Waals surface area (Å²) >= 11 is 0.924. The molecule has 0 bridgehead atoms. The molecule has 0 aliphatic carbocycles.